The predicted octanol–water partition coefficient (Wildman–Crippen LogP) is 6.49. The highest BCUT2D eigenvalue weighted by molar-refractivity contribution is 7.92. The number of aliphatic hydroxyl groups is 1. The van der Waals surface area contributed by atoms with Crippen molar-refractivity contribution in [2.75, 3.05) is 4.72 Å². The van der Waals surface area contributed by atoms with Crippen LogP contribution in [0.1, 0.15) is 76.3 Å². The third-order valence-electron chi connectivity index (χ3n) is 6.38. The van der Waals surface area contributed by atoms with E-state index in [-0.39, 0.29) is 23.4 Å². The number of nitrogens with zero attached hydrogens (tertiary/aromatic N) is 1. The van der Waals surface area contributed by atoms with E-state index in [0.29, 0.717) is 37.0 Å². The zero-order chi connectivity index (χ0) is 27.4. The molecule has 0 spiro atoms. The summed E-state index contributed by atoms with van der Waals surface area (Å²) in [5.74, 6) is -1.22. The summed E-state index contributed by atoms with van der Waals surface area (Å²) in [6, 6.07) is 7.29. The number of hydrogen-bond donors (Lipinski definition) is 2. The first kappa shape index (κ1) is 28.5. The van der Waals surface area contributed by atoms with Gasteiger partial charge in [-0.2, -0.15) is 21.6 Å². The summed E-state index contributed by atoms with van der Waals surface area (Å²) >= 11 is 0. The maximum absolute atomic E-state index is 13.1. The van der Waals surface area contributed by atoms with Gasteiger partial charge >= 0.3 is 12.1 Å². The Hall–Kier alpha value is -3.08. The number of esters is 1. The van der Waals surface area contributed by atoms with Gasteiger partial charge in [0, 0.05) is 24.2 Å². The number of carbonyl (C=O) groups is 1. The number of alkyl halides is 3. The van der Waals surface area contributed by atoms with E-state index in [9.17, 15) is 31.5 Å². The number of aliphatic hydroxyl groups excluding tert-OH is 1. The van der Waals surface area contributed by atoms with E-state index in [4.69, 9.17) is 4.74 Å². The number of halogens is 3. The molecule has 7 nitrogen and oxygen atoms in total. The van der Waals surface area contributed by atoms with Crippen LogP contribution >= 0.6 is 0 Å². The largest absolute Gasteiger partial charge is 0.512 e. The van der Waals surface area contributed by atoms with Crippen molar-refractivity contribution in [2.24, 2.45) is 0 Å². The van der Waals surface area contributed by atoms with Gasteiger partial charge in [0.25, 0.3) is 10.0 Å². The molecule has 0 bridgehead atoms. The zero-order valence-electron chi connectivity index (χ0n) is 20.9. The van der Waals surface area contributed by atoms with Crippen molar-refractivity contribution in [3.8, 4) is 0 Å². The first-order valence-electron chi connectivity index (χ1n) is 12.2. The highest BCUT2D eigenvalue weighted by atomic mass is 32.2. The summed E-state index contributed by atoms with van der Waals surface area (Å²) in [5.41, 5.74) is -1.14. The Labute approximate surface area is 214 Å². The quantitative estimate of drug-likeness (QED) is 0.334. The molecule has 11 heteroatoms. The molecule has 1 unspecified atom stereocenters. The van der Waals surface area contributed by atoms with Crippen molar-refractivity contribution in [1.82, 2.24) is 4.98 Å². The number of carbonyl (C=O) groups excluding carboxylic acids is 1. The average molecular weight is 541 g/mol. The molecule has 1 aromatic carbocycles. The molecule has 202 valence electrons. The van der Waals surface area contributed by atoms with E-state index >= 15 is 0 Å². The fourth-order valence-corrected chi connectivity index (χ4v) is 5.85. The Morgan fingerprint density at radius 1 is 1.14 bits per heavy atom. The smallest absolute Gasteiger partial charge is 0.416 e. The maximum Gasteiger partial charge on any atom is 0.416 e. The summed E-state index contributed by atoms with van der Waals surface area (Å²) in [7, 11) is -4.43. The molecule has 2 N–H and O–H groups in total. The van der Waals surface area contributed by atoms with Crippen molar-refractivity contribution in [1.29, 1.82) is 0 Å². The monoisotopic (exact) mass is 540 g/mol. The van der Waals surface area contributed by atoms with Crippen LogP contribution in [0, 0.1) is 0 Å². The number of sulfonamides is 1. The maximum atomic E-state index is 13.1. The number of nitrogens with one attached hydrogen (secondary N) is 1. The SMILES string of the molecule is CCCC1(CCC)CC(O)=C(C(CC)c2cccc(NS(=O)(=O)c3cc(C(F)(F)F)ccn3)c2)C(=O)O1. The van der Waals surface area contributed by atoms with Crippen molar-refractivity contribution < 1.29 is 36.2 Å². The van der Waals surface area contributed by atoms with Crippen molar-refractivity contribution in [3.05, 3.63) is 65.1 Å². The molecule has 0 amide bonds. The first-order valence-corrected chi connectivity index (χ1v) is 13.7. The van der Waals surface area contributed by atoms with Gasteiger partial charge in [-0.1, -0.05) is 45.7 Å². The number of pyridine rings is 1. The molecule has 0 saturated heterocycles. The van der Waals surface area contributed by atoms with Crippen LogP contribution in [0.5, 0.6) is 0 Å². The lowest BCUT2D eigenvalue weighted by Gasteiger charge is -2.38. The summed E-state index contributed by atoms with van der Waals surface area (Å²) in [5, 5.41) is 10.2. The summed E-state index contributed by atoms with van der Waals surface area (Å²) < 4.78 is 72.8. The van der Waals surface area contributed by atoms with Crippen molar-refractivity contribution in [3.63, 3.8) is 0 Å². The minimum absolute atomic E-state index is 0.0378. The minimum Gasteiger partial charge on any atom is -0.512 e. The molecule has 0 fully saturated rings. The summed E-state index contributed by atoms with van der Waals surface area (Å²) in [6.07, 6.45) is -0.497. The van der Waals surface area contributed by atoms with Gasteiger partial charge in [-0.05, 0) is 49.1 Å². The topological polar surface area (TPSA) is 106 Å². The molecule has 2 heterocycles. The van der Waals surface area contributed by atoms with Crippen LogP contribution in [0.4, 0.5) is 18.9 Å². The van der Waals surface area contributed by atoms with Gasteiger partial charge in [0.15, 0.2) is 5.03 Å². The Morgan fingerprint density at radius 3 is 2.38 bits per heavy atom. The van der Waals surface area contributed by atoms with Crippen LogP contribution in [0.25, 0.3) is 0 Å². The van der Waals surface area contributed by atoms with E-state index in [1.807, 2.05) is 20.8 Å². The lowest BCUT2D eigenvalue weighted by atomic mass is 9.80. The molecule has 37 heavy (non-hydrogen) atoms. The number of aromatic nitrogens is 1. The number of anilines is 1. The number of cyclic esters (lactones) is 1. The van der Waals surface area contributed by atoms with E-state index < -0.39 is 44.3 Å². The van der Waals surface area contributed by atoms with Gasteiger partial charge in [-0.3, -0.25) is 4.72 Å². The second kappa shape index (κ2) is 11.1. The summed E-state index contributed by atoms with van der Waals surface area (Å²) in [4.78, 5) is 16.7. The highest BCUT2D eigenvalue weighted by Crippen LogP contribution is 2.42. The Morgan fingerprint density at radius 2 is 1.81 bits per heavy atom. The third-order valence-corrected chi connectivity index (χ3v) is 7.65. The molecule has 0 radical (unpaired) electrons. The van der Waals surface area contributed by atoms with Crippen molar-refractivity contribution >= 4 is 21.7 Å². The molecule has 0 saturated carbocycles. The number of ether oxygens (including phenoxy) is 1. The molecule has 1 aliphatic rings. The molecular formula is C26H31F3N2O5S. The van der Waals surface area contributed by atoms with E-state index in [0.717, 1.165) is 19.0 Å². The molecule has 1 aromatic heterocycles. The van der Waals surface area contributed by atoms with Gasteiger partial charge in [-0.25, -0.2) is 9.78 Å². The fraction of sp³-hybridized carbons (Fsp3) is 0.462. The standard InChI is InChI=1S/C26H31F3N2O5S/c1-4-11-25(12-5-2)16-21(32)23(24(33)36-25)20(6-3)17-8-7-9-19(14-17)31-37(34,35)22-15-18(10-13-30-22)26(27,28)29/h7-10,13-15,20,31-32H,4-6,11-12,16H2,1-3H3. The molecule has 3 rings (SSSR count). The summed E-state index contributed by atoms with van der Waals surface area (Å²) in [6.45, 7) is 5.79. The van der Waals surface area contributed by atoms with E-state index in [2.05, 4.69) is 9.71 Å². The van der Waals surface area contributed by atoms with Crippen LogP contribution in [0.3, 0.4) is 0 Å². The third kappa shape index (κ3) is 6.44. The first-order chi connectivity index (χ1) is 17.4. The lowest BCUT2D eigenvalue weighted by Crippen LogP contribution is -2.41. The predicted molar refractivity (Wildman–Crippen MR) is 132 cm³/mol. The number of benzene rings is 1. The minimum atomic E-state index is -4.72. The van der Waals surface area contributed by atoms with Gasteiger partial charge in [-0.15, -0.1) is 0 Å². The Balaban J connectivity index is 1.92. The Kier molecular flexibility index (Phi) is 8.56. The van der Waals surface area contributed by atoms with Crippen LogP contribution in [-0.4, -0.2) is 30.1 Å². The normalized spacial score (nSPS) is 16.9. The molecule has 1 atom stereocenters. The van der Waals surface area contributed by atoms with Crippen LogP contribution in [0.15, 0.2) is 59.0 Å². The molecular weight excluding hydrogens is 509 g/mol. The number of hydrogen-bond acceptors (Lipinski definition) is 6. The van der Waals surface area contributed by atoms with Gasteiger partial charge in [0.2, 0.25) is 0 Å². The average Bonchev–Trinajstić information content (AvgIpc) is 2.81. The van der Waals surface area contributed by atoms with E-state index in [1.54, 1.807) is 12.1 Å². The lowest BCUT2D eigenvalue weighted by molar-refractivity contribution is -0.161. The van der Waals surface area contributed by atoms with Gasteiger partial charge < -0.3 is 9.84 Å². The molecule has 0 aliphatic carbocycles. The second-order valence-electron chi connectivity index (χ2n) is 9.18. The highest BCUT2D eigenvalue weighted by Gasteiger charge is 2.42. The molecule has 2 aromatic rings. The van der Waals surface area contributed by atoms with Crippen LogP contribution in [-0.2, 0) is 25.7 Å². The van der Waals surface area contributed by atoms with Crippen LogP contribution in [0.2, 0.25) is 0 Å². The molecule has 1 aliphatic heterocycles. The van der Waals surface area contributed by atoms with E-state index in [1.165, 1.54) is 12.1 Å². The Bertz CT molecular complexity index is 1270. The van der Waals surface area contributed by atoms with Gasteiger partial charge in [0.05, 0.1) is 11.1 Å². The second-order valence-corrected chi connectivity index (χ2v) is 10.8. The van der Waals surface area contributed by atoms with Crippen LogP contribution < -0.4 is 4.72 Å². The zero-order valence-corrected chi connectivity index (χ0v) is 21.7. The number of rotatable bonds is 10. The van der Waals surface area contributed by atoms with Crippen molar-refractivity contribution in [2.45, 2.75) is 82.0 Å². The van der Waals surface area contributed by atoms with Gasteiger partial charge in [0.1, 0.15) is 11.4 Å². The fourth-order valence-electron chi connectivity index (χ4n) is 4.83.